The van der Waals surface area contributed by atoms with Gasteiger partial charge in [-0.05, 0) is 24.5 Å². The van der Waals surface area contributed by atoms with Crippen LogP contribution in [0.3, 0.4) is 0 Å². The quantitative estimate of drug-likeness (QED) is 0.810. The largest absolute Gasteiger partial charge is 0.309 e. The molecule has 0 amide bonds. The van der Waals surface area contributed by atoms with E-state index in [-0.39, 0.29) is 0 Å². The first kappa shape index (κ1) is 12.0. The van der Waals surface area contributed by atoms with Crippen LogP contribution in [0, 0.1) is 5.92 Å². The smallest absolute Gasteiger partial charge is 0.0931 e. The SMILES string of the molecule is CCC(NCc1ccc(Cl)s1)C(C)C. The molecule has 1 aromatic heterocycles. The van der Waals surface area contributed by atoms with Gasteiger partial charge in [-0.3, -0.25) is 0 Å². The second-order valence-electron chi connectivity index (χ2n) is 3.85. The van der Waals surface area contributed by atoms with E-state index in [0.29, 0.717) is 12.0 Å². The molecule has 0 fully saturated rings. The summed E-state index contributed by atoms with van der Waals surface area (Å²) in [5.41, 5.74) is 0. The van der Waals surface area contributed by atoms with Gasteiger partial charge in [0, 0.05) is 17.5 Å². The van der Waals surface area contributed by atoms with E-state index in [1.54, 1.807) is 11.3 Å². The molecule has 1 unspecified atom stereocenters. The molecule has 0 aromatic carbocycles. The summed E-state index contributed by atoms with van der Waals surface area (Å²) in [4.78, 5) is 1.31. The molecule has 0 saturated carbocycles. The maximum Gasteiger partial charge on any atom is 0.0931 e. The third kappa shape index (κ3) is 3.60. The summed E-state index contributed by atoms with van der Waals surface area (Å²) in [6.45, 7) is 7.66. The van der Waals surface area contributed by atoms with Crippen LogP contribution in [0.25, 0.3) is 0 Å². The molecule has 0 radical (unpaired) electrons. The summed E-state index contributed by atoms with van der Waals surface area (Å²) in [6, 6.07) is 4.66. The maximum atomic E-state index is 5.86. The second-order valence-corrected chi connectivity index (χ2v) is 5.65. The molecule has 0 aliphatic heterocycles. The molecular weight excluding hydrogens is 214 g/mol. The average molecular weight is 232 g/mol. The number of thiophene rings is 1. The number of hydrogen-bond donors (Lipinski definition) is 1. The normalized spacial score (nSPS) is 13.5. The van der Waals surface area contributed by atoms with Gasteiger partial charge in [0.15, 0.2) is 0 Å². The van der Waals surface area contributed by atoms with Gasteiger partial charge in [0.25, 0.3) is 0 Å². The van der Waals surface area contributed by atoms with Gasteiger partial charge in [-0.15, -0.1) is 11.3 Å². The van der Waals surface area contributed by atoms with Crippen molar-refractivity contribution in [3.63, 3.8) is 0 Å². The molecule has 1 atom stereocenters. The number of halogens is 1. The third-order valence-electron chi connectivity index (χ3n) is 2.41. The Morgan fingerprint density at radius 1 is 1.43 bits per heavy atom. The van der Waals surface area contributed by atoms with Gasteiger partial charge in [-0.1, -0.05) is 32.4 Å². The van der Waals surface area contributed by atoms with Crippen molar-refractivity contribution in [1.82, 2.24) is 5.32 Å². The lowest BCUT2D eigenvalue weighted by atomic mass is 10.0. The molecule has 1 heterocycles. The van der Waals surface area contributed by atoms with Crippen molar-refractivity contribution in [3.8, 4) is 0 Å². The van der Waals surface area contributed by atoms with Crippen LogP contribution in [-0.4, -0.2) is 6.04 Å². The lowest BCUT2D eigenvalue weighted by Gasteiger charge is -2.20. The Balaban J connectivity index is 2.39. The van der Waals surface area contributed by atoms with Gasteiger partial charge in [0.05, 0.1) is 4.34 Å². The summed E-state index contributed by atoms with van der Waals surface area (Å²) in [5.74, 6) is 0.690. The van der Waals surface area contributed by atoms with E-state index in [4.69, 9.17) is 11.6 Å². The lowest BCUT2D eigenvalue weighted by Crippen LogP contribution is -2.32. The van der Waals surface area contributed by atoms with Crippen molar-refractivity contribution in [2.45, 2.75) is 39.8 Å². The van der Waals surface area contributed by atoms with E-state index in [2.05, 4.69) is 32.2 Å². The highest BCUT2D eigenvalue weighted by atomic mass is 35.5. The predicted molar refractivity (Wildman–Crippen MR) is 65.1 cm³/mol. The van der Waals surface area contributed by atoms with E-state index in [1.807, 2.05) is 6.07 Å². The zero-order valence-corrected chi connectivity index (χ0v) is 10.6. The summed E-state index contributed by atoms with van der Waals surface area (Å²) >= 11 is 7.52. The fraction of sp³-hybridized carbons (Fsp3) is 0.636. The van der Waals surface area contributed by atoms with Gasteiger partial charge in [0.1, 0.15) is 0 Å². The van der Waals surface area contributed by atoms with Crippen molar-refractivity contribution in [3.05, 3.63) is 21.3 Å². The highest BCUT2D eigenvalue weighted by Crippen LogP contribution is 2.21. The van der Waals surface area contributed by atoms with Crippen LogP contribution in [0.1, 0.15) is 32.1 Å². The van der Waals surface area contributed by atoms with Crippen LogP contribution < -0.4 is 5.32 Å². The Bertz CT molecular complexity index is 270. The minimum Gasteiger partial charge on any atom is -0.309 e. The monoisotopic (exact) mass is 231 g/mol. The Hall–Kier alpha value is -0.0500. The first-order chi connectivity index (χ1) is 6.63. The number of rotatable bonds is 5. The molecule has 0 bridgehead atoms. The van der Waals surface area contributed by atoms with E-state index < -0.39 is 0 Å². The molecule has 14 heavy (non-hydrogen) atoms. The minimum absolute atomic E-state index is 0.607. The van der Waals surface area contributed by atoms with Crippen molar-refractivity contribution in [2.75, 3.05) is 0 Å². The van der Waals surface area contributed by atoms with Crippen LogP contribution in [-0.2, 0) is 6.54 Å². The zero-order chi connectivity index (χ0) is 10.6. The fourth-order valence-corrected chi connectivity index (χ4v) is 2.57. The minimum atomic E-state index is 0.607. The van der Waals surface area contributed by atoms with Gasteiger partial charge in [0.2, 0.25) is 0 Å². The maximum absolute atomic E-state index is 5.86. The average Bonchev–Trinajstić information content (AvgIpc) is 2.52. The first-order valence-electron chi connectivity index (χ1n) is 5.11. The number of nitrogens with one attached hydrogen (secondary N) is 1. The summed E-state index contributed by atoms with van der Waals surface area (Å²) < 4.78 is 0.874. The predicted octanol–water partition coefficient (Wildman–Crippen LogP) is 3.93. The Kier molecular flexibility index (Phi) is 4.93. The Labute approximate surface area is 95.5 Å². The standard InChI is InChI=1S/C11H18ClNS/c1-4-10(8(2)3)13-7-9-5-6-11(12)14-9/h5-6,8,10,13H,4,7H2,1-3H3. The van der Waals surface area contributed by atoms with Crippen LogP contribution in [0.4, 0.5) is 0 Å². The van der Waals surface area contributed by atoms with Gasteiger partial charge >= 0.3 is 0 Å². The zero-order valence-electron chi connectivity index (χ0n) is 9.01. The molecule has 0 aliphatic rings. The van der Waals surface area contributed by atoms with E-state index in [1.165, 1.54) is 11.3 Å². The molecule has 80 valence electrons. The van der Waals surface area contributed by atoms with Gasteiger partial charge in [-0.2, -0.15) is 0 Å². The molecule has 1 nitrogen and oxygen atoms in total. The van der Waals surface area contributed by atoms with E-state index >= 15 is 0 Å². The molecule has 1 rings (SSSR count). The third-order valence-corrected chi connectivity index (χ3v) is 3.64. The Morgan fingerprint density at radius 3 is 2.57 bits per heavy atom. The molecule has 1 aromatic rings. The van der Waals surface area contributed by atoms with Crippen LogP contribution in [0.5, 0.6) is 0 Å². The highest BCUT2D eigenvalue weighted by Gasteiger charge is 2.10. The summed E-state index contributed by atoms with van der Waals surface area (Å²) in [5, 5.41) is 3.55. The molecular formula is C11H18ClNS. The molecule has 0 aliphatic carbocycles. The van der Waals surface area contributed by atoms with Crippen molar-refractivity contribution < 1.29 is 0 Å². The second kappa shape index (κ2) is 5.74. The molecule has 0 spiro atoms. The molecule has 1 N–H and O–H groups in total. The van der Waals surface area contributed by atoms with Gasteiger partial charge < -0.3 is 5.32 Å². The van der Waals surface area contributed by atoms with Crippen molar-refractivity contribution in [2.24, 2.45) is 5.92 Å². The first-order valence-corrected chi connectivity index (χ1v) is 6.30. The molecule has 0 saturated heterocycles. The highest BCUT2D eigenvalue weighted by molar-refractivity contribution is 7.16. The van der Waals surface area contributed by atoms with Crippen LogP contribution in [0.15, 0.2) is 12.1 Å². The van der Waals surface area contributed by atoms with Crippen molar-refractivity contribution >= 4 is 22.9 Å². The van der Waals surface area contributed by atoms with Crippen molar-refractivity contribution in [1.29, 1.82) is 0 Å². The van der Waals surface area contributed by atoms with Gasteiger partial charge in [-0.25, -0.2) is 0 Å². The fourth-order valence-electron chi connectivity index (χ4n) is 1.53. The van der Waals surface area contributed by atoms with E-state index in [0.717, 1.165) is 10.9 Å². The summed E-state index contributed by atoms with van der Waals surface area (Å²) in [7, 11) is 0. The Morgan fingerprint density at radius 2 is 2.14 bits per heavy atom. The molecule has 3 heteroatoms. The van der Waals surface area contributed by atoms with Crippen LogP contribution >= 0.6 is 22.9 Å². The summed E-state index contributed by atoms with van der Waals surface area (Å²) in [6.07, 6.45) is 1.18. The van der Waals surface area contributed by atoms with E-state index in [9.17, 15) is 0 Å². The van der Waals surface area contributed by atoms with Crippen LogP contribution in [0.2, 0.25) is 4.34 Å². The number of hydrogen-bond acceptors (Lipinski definition) is 2. The topological polar surface area (TPSA) is 12.0 Å². The lowest BCUT2D eigenvalue weighted by molar-refractivity contribution is 0.389.